The van der Waals surface area contributed by atoms with Crippen LogP contribution >= 0.6 is 0 Å². The molecule has 0 atom stereocenters. The van der Waals surface area contributed by atoms with Crippen LogP contribution in [0.25, 0.3) is 11.3 Å². The van der Waals surface area contributed by atoms with Gasteiger partial charge in [0.25, 0.3) is 5.91 Å². The molecule has 3 aromatic rings. The highest BCUT2D eigenvalue weighted by molar-refractivity contribution is 7.89. The zero-order valence-electron chi connectivity index (χ0n) is 31.8. The van der Waals surface area contributed by atoms with Gasteiger partial charge in [-0.3, -0.25) is 9.59 Å². The number of para-hydroxylation sites is 1. The smallest absolute Gasteiger partial charge is 0.410 e. The third-order valence-electron chi connectivity index (χ3n) is 7.58. The van der Waals surface area contributed by atoms with Crippen LogP contribution in [0, 0.1) is 0 Å². The lowest BCUT2D eigenvalue weighted by Gasteiger charge is -2.25. The number of anilines is 2. The molecular formula is C37H50N6O10S. The Morgan fingerprint density at radius 3 is 2.26 bits per heavy atom. The molecule has 294 valence electrons. The highest BCUT2D eigenvalue weighted by atomic mass is 32.2. The number of aromatic nitrogens is 2. The summed E-state index contributed by atoms with van der Waals surface area (Å²) in [6.45, 7) is 11.0. The number of hydrogen-bond donors (Lipinski definition) is 2. The number of nitrogens with one attached hydrogen (secondary N) is 1. The van der Waals surface area contributed by atoms with Crippen LogP contribution in [0.15, 0.2) is 53.6 Å². The monoisotopic (exact) mass is 770 g/mol. The lowest BCUT2D eigenvalue weighted by molar-refractivity contribution is -0.154. The van der Waals surface area contributed by atoms with Gasteiger partial charge in [0.2, 0.25) is 10.0 Å². The average molecular weight is 771 g/mol. The number of esters is 1. The van der Waals surface area contributed by atoms with Gasteiger partial charge in [-0.25, -0.2) is 23.2 Å². The second kappa shape index (κ2) is 18.0. The Morgan fingerprint density at radius 2 is 1.59 bits per heavy atom. The number of hydrogen-bond acceptors (Lipinski definition) is 13. The van der Waals surface area contributed by atoms with Gasteiger partial charge in [-0.05, 0) is 59.7 Å². The van der Waals surface area contributed by atoms with E-state index in [0.29, 0.717) is 16.9 Å². The molecule has 0 fully saturated rings. The van der Waals surface area contributed by atoms with Crippen molar-refractivity contribution in [2.45, 2.75) is 70.6 Å². The van der Waals surface area contributed by atoms with Crippen molar-refractivity contribution in [2.75, 3.05) is 64.2 Å². The van der Waals surface area contributed by atoms with Crippen LogP contribution in [0.4, 0.5) is 16.3 Å². The van der Waals surface area contributed by atoms with Crippen LogP contribution in [0.5, 0.6) is 5.75 Å². The van der Waals surface area contributed by atoms with E-state index in [2.05, 4.69) is 15.3 Å². The number of carbonyl (C=O) groups excluding carboxylic acids is 3. The van der Waals surface area contributed by atoms with Crippen LogP contribution in [0.1, 0.15) is 64.0 Å². The summed E-state index contributed by atoms with van der Waals surface area (Å²) in [4.78, 5) is 49.0. The lowest BCUT2D eigenvalue weighted by atomic mass is 10.1. The molecule has 17 heteroatoms. The maximum absolute atomic E-state index is 13.8. The van der Waals surface area contributed by atoms with E-state index in [-0.39, 0.29) is 86.9 Å². The summed E-state index contributed by atoms with van der Waals surface area (Å²) in [5, 5.41) is 2.81. The minimum absolute atomic E-state index is 0.0213. The molecule has 16 nitrogen and oxygen atoms in total. The molecule has 5 rings (SSSR count). The Bertz CT molecular complexity index is 1890. The fourth-order valence-electron chi connectivity index (χ4n) is 5.12. The molecule has 0 radical (unpaired) electrons. The number of ether oxygens (including phenoxy) is 5. The number of nitrogens with zero attached hydrogens (tertiary/aromatic N) is 4. The molecule has 3 heterocycles. The van der Waals surface area contributed by atoms with Crippen LogP contribution in [0.3, 0.4) is 0 Å². The van der Waals surface area contributed by atoms with E-state index >= 15 is 0 Å². The summed E-state index contributed by atoms with van der Waals surface area (Å²) in [6.07, 6.45) is 0.675. The molecule has 54 heavy (non-hydrogen) atoms. The summed E-state index contributed by atoms with van der Waals surface area (Å²) in [5.74, 6) is -1.05. The Labute approximate surface area is 316 Å². The van der Waals surface area contributed by atoms with Crippen molar-refractivity contribution in [1.29, 1.82) is 0 Å². The van der Waals surface area contributed by atoms with Gasteiger partial charge >= 0.3 is 12.1 Å². The number of nitrogens with two attached hydrogens (primary N) is 1. The van der Waals surface area contributed by atoms with Crippen molar-refractivity contribution < 1.29 is 46.5 Å². The highest BCUT2D eigenvalue weighted by Crippen LogP contribution is 2.32. The molecule has 0 aliphatic carbocycles. The number of nitrogen functional groups attached to an aromatic ring is 1. The number of benzene rings is 2. The molecule has 2 amide bonds. The lowest BCUT2D eigenvalue weighted by Crippen LogP contribution is -2.37. The quantitative estimate of drug-likeness (QED) is 0.272. The van der Waals surface area contributed by atoms with Crippen molar-refractivity contribution >= 4 is 39.5 Å². The molecule has 2 aliphatic heterocycles. The maximum Gasteiger partial charge on any atom is 0.410 e. The number of fused-ring (bicyclic) bond motifs is 13. The van der Waals surface area contributed by atoms with Crippen LogP contribution < -0.4 is 15.8 Å². The fraction of sp³-hybridized carbons (Fsp3) is 0.486. The molecule has 4 bridgehead atoms. The van der Waals surface area contributed by atoms with Gasteiger partial charge in [0, 0.05) is 31.3 Å². The zero-order valence-corrected chi connectivity index (χ0v) is 32.7. The Hall–Kier alpha value is -4.84. The maximum atomic E-state index is 13.8. The van der Waals surface area contributed by atoms with E-state index in [0.717, 1.165) is 0 Å². The Morgan fingerprint density at radius 1 is 0.944 bits per heavy atom. The van der Waals surface area contributed by atoms with Gasteiger partial charge in [-0.1, -0.05) is 24.3 Å². The predicted molar refractivity (Wildman–Crippen MR) is 200 cm³/mol. The molecule has 2 aromatic carbocycles. The second-order valence-corrected chi connectivity index (χ2v) is 16.3. The minimum atomic E-state index is -4.07. The predicted octanol–water partition coefficient (Wildman–Crippen LogP) is 4.49. The first kappa shape index (κ1) is 41.9. The van der Waals surface area contributed by atoms with Gasteiger partial charge < -0.3 is 39.6 Å². The van der Waals surface area contributed by atoms with E-state index in [1.54, 1.807) is 66.8 Å². The minimum Gasteiger partial charge on any atom is -0.489 e. The summed E-state index contributed by atoms with van der Waals surface area (Å²) in [7, 11) is -2.48. The van der Waals surface area contributed by atoms with Crippen molar-refractivity contribution in [3.05, 3.63) is 59.9 Å². The largest absolute Gasteiger partial charge is 0.489 e. The summed E-state index contributed by atoms with van der Waals surface area (Å²) >= 11 is 0. The first-order valence-electron chi connectivity index (χ1n) is 17.4. The van der Waals surface area contributed by atoms with Crippen LogP contribution in [-0.4, -0.2) is 110 Å². The molecule has 3 N–H and O–H groups in total. The molecular weight excluding hydrogens is 721 g/mol. The number of rotatable bonds is 5. The van der Waals surface area contributed by atoms with Crippen LogP contribution in [-0.2, 0) is 40.3 Å². The van der Waals surface area contributed by atoms with Crippen LogP contribution in [0.2, 0.25) is 0 Å². The number of sulfonamides is 1. The topological polar surface area (TPSA) is 202 Å². The highest BCUT2D eigenvalue weighted by Gasteiger charge is 2.27. The van der Waals surface area contributed by atoms with Crippen molar-refractivity contribution in [1.82, 2.24) is 19.2 Å². The fourth-order valence-corrected chi connectivity index (χ4v) is 6.55. The molecule has 0 saturated carbocycles. The van der Waals surface area contributed by atoms with Gasteiger partial charge in [0.1, 0.15) is 23.6 Å². The van der Waals surface area contributed by atoms with E-state index in [1.807, 2.05) is 0 Å². The Balaban J connectivity index is 1.64. The Kier molecular flexibility index (Phi) is 14.0. The second-order valence-electron chi connectivity index (χ2n) is 14.4. The third-order valence-corrected chi connectivity index (χ3v) is 9.49. The number of amides is 2. The van der Waals surface area contributed by atoms with Gasteiger partial charge in [0.05, 0.1) is 61.9 Å². The summed E-state index contributed by atoms with van der Waals surface area (Å²) in [6, 6.07) is 11.0. The van der Waals surface area contributed by atoms with Crippen molar-refractivity contribution in [2.24, 2.45) is 0 Å². The van der Waals surface area contributed by atoms with Gasteiger partial charge in [-0.15, -0.1) is 0 Å². The summed E-state index contributed by atoms with van der Waals surface area (Å²) < 4.78 is 57.2. The standard InChI is InChI=1S/C37H50N6O10S/c1-36(2,3)52-30(44)15-16-43-17-18-49-19-20-50-21-22-51-32-26(24-42(7)35(46)53-37(4,5)6)9-8-10-28(32)41-34(45)31-33(38)39-23-29(40-31)25-11-13-27(14-12-25)54(43,47)48/h8-14,23H,15-22,24H2,1-7H3,(H2,38,39)(H,41,45). The molecule has 0 unspecified atom stereocenters. The first-order valence-corrected chi connectivity index (χ1v) is 18.9. The zero-order chi connectivity index (χ0) is 39.7. The van der Waals surface area contributed by atoms with Gasteiger partial charge in [0.15, 0.2) is 11.5 Å². The van der Waals surface area contributed by atoms with Crippen molar-refractivity contribution in [3.63, 3.8) is 0 Å². The number of carbonyl (C=O) groups is 3. The van der Waals surface area contributed by atoms with E-state index in [9.17, 15) is 22.8 Å². The molecule has 0 saturated heterocycles. The van der Waals surface area contributed by atoms with Gasteiger partial charge in [-0.2, -0.15) is 4.31 Å². The molecule has 2 aliphatic rings. The average Bonchev–Trinajstić information content (AvgIpc) is 3.07. The molecule has 1 aromatic heterocycles. The SMILES string of the molecule is CN(Cc1cccc2c1OCCOCCOCCN(CCC(=O)OC(C)(C)C)S(=O)(=O)c1ccc(cc1)-c1cnc(N)c(n1)C(=O)N2)C(=O)OC(C)(C)C. The molecule has 0 spiro atoms. The van der Waals surface area contributed by atoms with E-state index < -0.39 is 39.2 Å². The van der Waals surface area contributed by atoms with Crippen molar-refractivity contribution in [3.8, 4) is 17.0 Å². The normalized spacial score (nSPS) is 16.1. The summed E-state index contributed by atoms with van der Waals surface area (Å²) in [5.41, 5.74) is 6.12. The van der Waals surface area contributed by atoms with E-state index in [1.165, 1.54) is 39.7 Å². The first-order chi connectivity index (χ1) is 25.3. The third kappa shape index (κ3) is 12.1. The van der Waals surface area contributed by atoms with E-state index in [4.69, 9.17) is 29.4 Å².